The van der Waals surface area contributed by atoms with Crippen LogP contribution in [0.5, 0.6) is 0 Å². The Morgan fingerprint density at radius 1 is 0.500 bits per heavy atom. The van der Waals surface area contributed by atoms with Crippen LogP contribution in [0.3, 0.4) is 0 Å². The second-order valence-corrected chi connectivity index (χ2v) is 5.56. The SMILES string of the molecule is c1ccc(-c2ccc3c4cccn4c4ccccc4n23)cc1. The van der Waals surface area contributed by atoms with Gasteiger partial charge >= 0.3 is 0 Å². The summed E-state index contributed by atoms with van der Waals surface area (Å²) in [4.78, 5) is 0. The molecule has 3 heterocycles. The molecule has 0 atom stereocenters. The minimum atomic E-state index is 1.23. The lowest BCUT2D eigenvalue weighted by atomic mass is 10.1. The van der Waals surface area contributed by atoms with E-state index in [4.69, 9.17) is 0 Å². The summed E-state index contributed by atoms with van der Waals surface area (Å²) in [6.07, 6.45) is 2.13. The zero-order valence-electron chi connectivity index (χ0n) is 12.0. The molecule has 2 nitrogen and oxygen atoms in total. The molecule has 2 aromatic carbocycles. The lowest BCUT2D eigenvalue weighted by Crippen LogP contribution is -1.96. The molecule has 0 unspecified atom stereocenters. The third-order valence-corrected chi connectivity index (χ3v) is 4.34. The molecule has 0 amide bonds. The Hall–Kier alpha value is -3.00. The molecule has 5 aromatic rings. The van der Waals surface area contributed by atoms with Gasteiger partial charge in [-0.1, -0.05) is 42.5 Å². The first-order valence-corrected chi connectivity index (χ1v) is 7.48. The van der Waals surface area contributed by atoms with Gasteiger partial charge in [-0.15, -0.1) is 0 Å². The minimum Gasteiger partial charge on any atom is -0.313 e. The second kappa shape index (κ2) is 4.25. The highest BCUT2D eigenvalue weighted by atomic mass is 15.0. The Balaban J connectivity index is 2.05. The van der Waals surface area contributed by atoms with E-state index in [9.17, 15) is 0 Å². The smallest absolute Gasteiger partial charge is 0.0704 e. The number of hydrogen-bond donors (Lipinski definition) is 0. The maximum absolute atomic E-state index is 2.36. The largest absolute Gasteiger partial charge is 0.313 e. The highest BCUT2D eigenvalue weighted by Gasteiger charge is 2.11. The van der Waals surface area contributed by atoms with Crippen molar-refractivity contribution in [2.45, 2.75) is 0 Å². The Morgan fingerprint density at radius 3 is 1.95 bits per heavy atom. The molecule has 3 aromatic heterocycles. The summed E-state index contributed by atoms with van der Waals surface area (Å²) in [5, 5.41) is 0. The van der Waals surface area contributed by atoms with Crippen molar-refractivity contribution >= 4 is 22.1 Å². The summed E-state index contributed by atoms with van der Waals surface area (Å²) in [6, 6.07) is 27.8. The van der Waals surface area contributed by atoms with E-state index in [1.807, 2.05) is 0 Å². The fourth-order valence-electron chi connectivity index (χ4n) is 3.39. The lowest BCUT2D eigenvalue weighted by Gasteiger charge is -2.11. The Bertz CT molecular complexity index is 1110. The number of benzene rings is 2. The fraction of sp³-hybridized carbons (Fsp3) is 0. The molecule has 0 fully saturated rings. The van der Waals surface area contributed by atoms with Crippen LogP contribution in [0.4, 0.5) is 0 Å². The number of aromatic nitrogens is 2. The highest BCUT2D eigenvalue weighted by molar-refractivity contribution is 5.92. The van der Waals surface area contributed by atoms with Crippen LogP contribution < -0.4 is 0 Å². The van der Waals surface area contributed by atoms with Crippen molar-refractivity contribution in [1.29, 1.82) is 0 Å². The highest BCUT2D eigenvalue weighted by Crippen LogP contribution is 2.30. The van der Waals surface area contributed by atoms with Crippen LogP contribution in [0, 0.1) is 0 Å². The van der Waals surface area contributed by atoms with Gasteiger partial charge in [0.2, 0.25) is 0 Å². The molecule has 5 rings (SSSR count). The third-order valence-electron chi connectivity index (χ3n) is 4.34. The Labute approximate surface area is 127 Å². The van der Waals surface area contributed by atoms with Crippen LogP contribution in [-0.4, -0.2) is 8.80 Å². The van der Waals surface area contributed by atoms with E-state index in [0.717, 1.165) is 0 Å². The molecule has 0 radical (unpaired) electrons. The van der Waals surface area contributed by atoms with Gasteiger partial charge < -0.3 is 8.80 Å². The molecule has 0 saturated heterocycles. The predicted octanol–water partition coefficient (Wildman–Crippen LogP) is 5.01. The van der Waals surface area contributed by atoms with Gasteiger partial charge in [-0.05, 0) is 42.0 Å². The number of fused-ring (bicyclic) bond motifs is 6. The maximum Gasteiger partial charge on any atom is 0.0704 e. The Kier molecular flexibility index (Phi) is 2.25. The van der Waals surface area contributed by atoms with E-state index < -0.39 is 0 Å². The maximum atomic E-state index is 2.36. The van der Waals surface area contributed by atoms with E-state index in [1.165, 1.54) is 33.3 Å². The van der Waals surface area contributed by atoms with Crippen LogP contribution in [0.15, 0.2) is 85.1 Å². The van der Waals surface area contributed by atoms with E-state index in [1.54, 1.807) is 0 Å². The van der Waals surface area contributed by atoms with Crippen LogP contribution >= 0.6 is 0 Å². The molecule has 0 saturated carbocycles. The van der Waals surface area contributed by atoms with Gasteiger partial charge in [-0.25, -0.2) is 0 Å². The first-order valence-electron chi connectivity index (χ1n) is 7.48. The van der Waals surface area contributed by atoms with Crippen molar-refractivity contribution in [1.82, 2.24) is 8.80 Å². The van der Waals surface area contributed by atoms with Gasteiger partial charge in [0, 0.05) is 6.20 Å². The first kappa shape index (κ1) is 11.6. The topological polar surface area (TPSA) is 8.82 Å². The summed E-state index contributed by atoms with van der Waals surface area (Å²) in [6.45, 7) is 0. The lowest BCUT2D eigenvalue weighted by molar-refractivity contribution is 1.20. The summed E-state index contributed by atoms with van der Waals surface area (Å²) < 4.78 is 4.62. The number of hydrogen-bond acceptors (Lipinski definition) is 0. The molecular formula is C20H14N2. The molecule has 0 aliphatic rings. The molecule has 22 heavy (non-hydrogen) atoms. The van der Waals surface area contributed by atoms with Gasteiger partial charge in [0.1, 0.15) is 0 Å². The molecule has 104 valence electrons. The zero-order valence-corrected chi connectivity index (χ0v) is 12.0. The van der Waals surface area contributed by atoms with Crippen molar-refractivity contribution in [3.8, 4) is 11.3 Å². The fourth-order valence-corrected chi connectivity index (χ4v) is 3.39. The molecule has 0 bridgehead atoms. The molecule has 2 heteroatoms. The van der Waals surface area contributed by atoms with Gasteiger partial charge in [-0.2, -0.15) is 0 Å². The molecule has 0 N–H and O–H groups in total. The summed E-state index contributed by atoms with van der Waals surface area (Å²) >= 11 is 0. The quantitative estimate of drug-likeness (QED) is 0.408. The third kappa shape index (κ3) is 1.44. The standard InChI is InChI=1S/C20H14N2/c1-2-7-15(8-3-1)16-12-13-20-18-11-6-14-21(18)17-9-4-5-10-19(17)22(16)20/h1-14H. The van der Waals surface area contributed by atoms with E-state index >= 15 is 0 Å². The molecule has 0 aliphatic heterocycles. The van der Waals surface area contributed by atoms with Crippen LogP contribution in [0.25, 0.3) is 33.3 Å². The van der Waals surface area contributed by atoms with Crippen molar-refractivity contribution < 1.29 is 0 Å². The van der Waals surface area contributed by atoms with E-state index in [-0.39, 0.29) is 0 Å². The van der Waals surface area contributed by atoms with Crippen molar-refractivity contribution in [2.75, 3.05) is 0 Å². The van der Waals surface area contributed by atoms with Gasteiger partial charge in [-0.3, -0.25) is 0 Å². The minimum absolute atomic E-state index is 1.23. The second-order valence-electron chi connectivity index (χ2n) is 5.56. The van der Waals surface area contributed by atoms with Crippen LogP contribution in [-0.2, 0) is 0 Å². The Morgan fingerprint density at radius 2 is 1.14 bits per heavy atom. The average molecular weight is 282 g/mol. The zero-order chi connectivity index (χ0) is 14.5. The summed E-state index contributed by atoms with van der Waals surface area (Å²) in [5.74, 6) is 0. The molecule has 0 spiro atoms. The van der Waals surface area contributed by atoms with Crippen molar-refractivity contribution in [2.24, 2.45) is 0 Å². The summed E-state index contributed by atoms with van der Waals surface area (Å²) in [5.41, 5.74) is 7.40. The van der Waals surface area contributed by atoms with Gasteiger partial charge in [0.25, 0.3) is 0 Å². The normalized spacial score (nSPS) is 11.6. The molecular weight excluding hydrogens is 268 g/mol. The average Bonchev–Trinajstić information content (AvgIpc) is 3.23. The van der Waals surface area contributed by atoms with Crippen molar-refractivity contribution in [3.05, 3.63) is 85.1 Å². The predicted molar refractivity (Wildman–Crippen MR) is 91.3 cm³/mol. The number of nitrogens with zero attached hydrogens (tertiary/aromatic N) is 2. The summed E-state index contributed by atoms with van der Waals surface area (Å²) in [7, 11) is 0. The molecule has 0 aliphatic carbocycles. The number of para-hydroxylation sites is 2. The van der Waals surface area contributed by atoms with E-state index in [2.05, 4.69) is 93.9 Å². The van der Waals surface area contributed by atoms with Crippen LogP contribution in [0.2, 0.25) is 0 Å². The first-order chi connectivity index (χ1) is 10.9. The monoisotopic (exact) mass is 282 g/mol. The van der Waals surface area contributed by atoms with Gasteiger partial charge in [0.15, 0.2) is 0 Å². The van der Waals surface area contributed by atoms with Gasteiger partial charge in [0.05, 0.1) is 27.8 Å². The number of rotatable bonds is 1. The van der Waals surface area contributed by atoms with Crippen molar-refractivity contribution in [3.63, 3.8) is 0 Å². The van der Waals surface area contributed by atoms with Crippen LogP contribution in [0.1, 0.15) is 0 Å². The van der Waals surface area contributed by atoms with E-state index in [0.29, 0.717) is 0 Å².